The lowest BCUT2D eigenvalue weighted by Crippen LogP contribution is -2.36. The highest BCUT2D eigenvalue weighted by molar-refractivity contribution is 8.18. The number of methoxy groups -OCH3 is 1. The highest BCUT2D eigenvalue weighted by atomic mass is 35.5. The van der Waals surface area contributed by atoms with Crippen LogP contribution in [0.5, 0.6) is 11.5 Å². The van der Waals surface area contributed by atoms with Crippen molar-refractivity contribution in [2.24, 2.45) is 0 Å². The topological polar surface area (TPSA) is 111 Å². The van der Waals surface area contributed by atoms with Gasteiger partial charge in [-0.2, -0.15) is 0 Å². The molecule has 0 radical (unpaired) electrons. The van der Waals surface area contributed by atoms with Crippen molar-refractivity contribution in [3.63, 3.8) is 0 Å². The van der Waals surface area contributed by atoms with E-state index in [0.717, 1.165) is 58.3 Å². The first-order chi connectivity index (χ1) is 21.2. The number of imide groups is 1. The molecule has 1 N–H and O–H groups in total. The molecule has 1 aliphatic heterocycles. The third kappa shape index (κ3) is 7.07. The van der Waals surface area contributed by atoms with Gasteiger partial charge in [-0.05, 0) is 85.8 Å². The lowest BCUT2D eigenvalue weighted by atomic mass is 9.95. The summed E-state index contributed by atoms with van der Waals surface area (Å²) < 4.78 is 16.6. The van der Waals surface area contributed by atoms with Gasteiger partial charge in [0.2, 0.25) is 5.91 Å². The molecule has 0 unspecified atom stereocenters. The van der Waals surface area contributed by atoms with Crippen molar-refractivity contribution < 1.29 is 33.4 Å². The minimum absolute atomic E-state index is 0.158. The number of nitrogens with zero attached hydrogens (tertiary/aromatic N) is 1. The number of hydrogen-bond acceptors (Lipinski definition) is 9. The summed E-state index contributed by atoms with van der Waals surface area (Å²) in [6.45, 7) is 1.62. The smallest absolute Gasteiger partial charge is 0.341 e. The summed E-state index contributed by atoms with van der Waals surface area (Å²) >= 11 is 14.3. The van der Waals surface area contributed by atoms with Crippen molar-refractivity contribution in [3.8, 4) is 11.5 Å². The molecule has 1 aliphatic carbocycles. The molecule has 2 heterocycles. The molecule has 44 heavy (non-hydrogen) atoms. The second kappa shape index (κ2) is 14.1. The number of benzene rings is 2. The number of anilines is 1. The number of aryl methyl sites for hydroxylation is 1. The fourth-order valence-electron chi connectivity index (χ4n) is 4.86. The number of hydrogen-bond donors (Lipinski definition) is 1. The van der Waals surface area contributed by atoms with E-state index in [1.807, 2.05) is 0 Å². The second-order valence-electron chi connectivity index (χ2n) is 9.89. The number of amides is 3. The zero-order valence-electron chi connectivity index (χ0n) is 23.9. The molecule has 3 amide bonds. The first kappa shape index (κ1) is 31.9. The maximum absolute atomic E-state index is 13.2. The van der Waals surface area contributed by atoms with Crippen LogP contribution in [0.15, 0.2) is 41.3 Å². The number of ether oxygens (including phenoxy) is 3. The fraction of sp³-hybridized carbons (Fsp3) is 0.290. The Bertz CT molecular complexity index is 1670. The summed E-state index contributed by atoms with van der Waals surface area (Å²) in [6.07, 6.45) is 5.07. The van der Waals surface area contributed by atoms with Crippen LogP contribution < -0.4 is 14.8 Å². The van der Waals surface area contributed by atoms with E-state index >= 15 is 0 Å². The standard InChI is InChI=1S/C31H28Cl2N2O7S2/c1-3-41-30(38)27-20-6-4-5-7-24(20)43-28(27)34-26(36)15-35-29(37)25(44-31(35)39)13-17-8-11-22(23(12-17)40-2)42-16-18-9-10-19(32)14-21(18)33/h8-14H,3-7,15-16H2,1-2H3,(H,34,36)/b25-13+. The van der Waals surface area contributed by atoms with Gasteiger partial charge >= 0.3 is 5.97 Å². The van der Waals surface area contributed by atoms with Gasteiger partial charge in [0, 0.05) is 20.5 Å². The van der Waals surface area contributed by atoms with E-state index < -0.39 is 29.6 Å². The predicted molar refractivity (Wildman–Crippen MR) is 172 cm³/mol. The maximum Gasteiger partial charge on any atom is 0.341 e. The Hall–Kier alpha value is -3.51. The van der Waals surface area contributed by atoms with Crippen LogP contribution >= 0.6 is 46.3 Å². The molecule has 9 nitrogen and oxygen atoms in total. The van der Waals surface area contributed by atoms with Gasteiger partial charge in [0.15, 0.2) is 11.5 Å². The Labute approximate surface area is 272 Å². The highest BCUT2D eigenvalue weighted by Gasteiger charge is 2.37. The van der Waals surface area contributed by atoms with Gasteiger partial charge in [-0.15, -0.1) is 11.3 Å². The molecular weight excluding hydrogens is 647 g/mol. The monoisotopic (exact) mass is 674 g/mol. The van der Waals surface area contributed by atoms with Gasteiger partial charge in [-0.1, -0.05) is 35.3 Å². The van der Waals surface area contributed by atoms with Gasteiger partial charge in [-0.25, -0.2) is 4.79 Å². The van der Waals surface area contributed by atoms with Gasteiger partial charge in [0.05, 0.1) is 24.2 Å². The minimum Gasteiger partial charge on any atom is -0.493 e. The second-order valence-corrected chi connectivity index (χ2v) is 12.8. The molecule has 5 rings (SSSR count). The molecule has 13 heteroatoms. The van der Waals surface area contributed by atoms with Gasteiger partial charge in [-0.3, -0.25) is 19.3 Å². The molecule has 2 aromatic carbocycles. The van der Waals surface area contributed by atoms with Crippen LogP contribution in [-0.4, -0.2) is 48.2 Å². The summed E-state index contributed by atoms with van der Waals surface area (Å²) in [5, 5.41) is 3.57. The average molecular weight is 676 g/mol. The van der Waals surface area contributed by atoms with Crippen LogP contribution in [0.3, 0.4) is 0 Å². The first-order valence-corrected chi connectivity index (χ1v) is 16.2. The van der Waals surface area contributed by atoms with Crippen LogP contribution in [0.2, 0.25) is 10.0 Å². The number of nitrogens with one attached hydrogen (secondary N) is 1. The Morgan fingerprint density at radius 2 is 1.86 bits per heavy atom. The van der Waals surface area contributed by atoms with Crippen molar-refractivity contribution in [2.45, 2.75) is 39.2 Å². The molecule has 0 atom stereocenters. The number of carbonyl (C=O) groups is 4. The number of halogens is 2. The lowest BCUT2D eigenvalue weighted by Gasteiger charge is -2.14. The van der Waals surface area contributed by atoms with E-state index in [0.29, 0.717) is 37.7 Å². The Morgan fingerprint density at radius 1 is 1.07 bits per heavy atom. The Kier molecular flexibility index (Phi) is 10.2. The molecule has 3 aromatic rings. The van der Waals surface area contributed by atoms with Gasteiger partial charge in [0.25, 0.3) is 11.1 Å². The summed E-state index contributed by atoms with van der Waals surface area (Å²) in [5.41, 5.74) is 2.61. The number of thioether (sulfide) groups is 1. The largest absolute Gasteiger partial charge is 0.493 e. The molecular formula is C31H28Cl2N2O7S2. The molecule has 1 aromatic heterocycles. The molecule has 0 saturated carbocycles. The third-order valence-electron chi connectivity index (χ3n) is 6.96. The average Bonchev–Trinajstić information content (AvgIpc) is 3.48. The van der Waals surface area contributed by atoms with E-state index in [-0.39, 0.29) is 18.1 Å². The van der Waals surface area contributed by atoms with Crippen molar-refractivity contribution in [3.05, 3.63) is 78.5 Å². The number of esters is 1. The Morgan fingerprint density at radius 3 is 2.61 bits per heavy atom. The summed E-state index contributed by atoms with van der Waals surface area (Å²) in [5.74, 6) is -0.794. The molecule has 0 bridgehead atoms. The van der Waals surface area contributed by atoms with Crippen LogP contribution in [0.1, 0.15) is 51.7 Å². The number of rotatable bonds is 10. The van der Waals surface area contributed by atoms with E-state index in [9.17, 15) is 19.2 Å². The SMILES string of the molecule is CCOC(=O)c1c(NC(=O)CN2C(=O)S/C(=C/c3ccc(OCc4ccc(Cl)cc4Cl)c(OC)c3)C2=O)sc2c1CCCC2. The maximum atomic E-state index is 13.2. The van der Waals surface area contributed by atoms with Crippen LogP contribution in [0, 0.1) is 0 Å². The minimum atomic E-state index is -0.595. The van der Waals surface area contributed by atoms with Crippen molar-refractivity contribution >= 4 is 80.4 Å². The quantitative estimate of drug-likeness (QED) is 0.175. The molecule has 0 spiro atoms. The van der Waals surface area contributed by atoms with Gasteiger partial charge in [0.1, 0.15) is 18.2 Å². The summed E-state index contributed by atoms with van der Waals surface area (Å²) in [7, 11) is 1.49. The van der Waals surface area contributed by atoms with E-state index in [4.69, 9.17) is 37.4 Å². The number of fused-ring (bicyclic) bond motifs is 1. The van der Waals surface area contributed by atoms with Crippen LogP contribution in [0.4, 0.5) is 9.80 Å². The first-order valence-electron chi connectivity index (χ1n) is 13.8. The van der Waals surface area contributed by atoms with Crippen molar-refractivity contribution in [1.82, 2.24) is 4.90 Å². The predicted octanol–water partition coefficient (Wildman–Crippen LogP) is 7.37. The van der Waals surface area contributed by atoms with E-state index in [1.165, 1.54) is 18.4 Å². The van der Waals surface area contributed by atoms with Crippen LogP contribution in [0.25, 0.3) is 6.08 Å². The zero-order chi connectivity index (χ0) is 31.4. The molecule has 230 valence electrons. The van der Waals surface area contributed by atoms with Crippen LogP contribution in [-0.2, 0) is 33.8 Å². The molecule has 2 aliphatic rings. The fourth-order valence-corrected chi connectivity index (χ4v) is 7.45. The number of carbonyl (C=O) groups excluding carboxylic acids is 4. The van der Waals surface area contributed by atoms with E-state index in [2.05, 4.69) is 5.32 Å². The van der Waals surface area contributed by atoms with Gasteiger partial charge < -0.3 is 19.5 Å². The molecule has 1 saturated heterocycles. The molecule has 1 fully saturated rings. The Balaban J connectivity index is 1.26. The van der Waals surface area contributed by atoms with Crippen molar-refractivity contribution in [2.75, 3.05) is 25.6 Å². The summed E-state index contributed by atoms with van der Waals surface area (Å²) in [6, 6.07) is 10.2. The number of thiophene rings is 1. The van der Waals surface area contributed by atoms with Crippen molar-refractivity contribution in [1.29, 1.82) is 0 Å². The van der Waals surface area contributed by atoms with E-state index in [1.54, 1.807) is 49.4 Å². The lowest BCUT2D eigenvalue weighted by molar-refractivity contribution is -0.127. The zero-order valence-corrected chi connectivity index (χ0v) is 27.0. The highest BCUT2D eigenvalue weighted by Crippen LogP contribution is 2.39. The normalized spacial score (nSPS) is 15.4. The summed E-state index contributed by atoms with van der Waals surface area (Å²) in [4.78, 5) is 53.7. The third-order valence-corrected chi connectivity index (χ3v) is 9.66.